The van der Waals surface area contributed by atoms with E-state index < -0.39 is 7.34 Å². The van der Waals surface area contributed by atoms with Crippen LogP contribution < -0.4 is 0 Å². The van der Waals surface area contributed by atoms with Crippen LogP contribution in [0.25, 0.3) is 0 Å². The Kier molecular flexibility index (Phi) is 3.49. The second-order valence-electron chi connectivity index (χ2n) is 2.22. The molecule has 0 bridgehead atoms. The van der Waals surface area contributed by atoms with Crippen LogP contribution in [0.3, 0.4) is 0 Å². The molecule has 0 aromatic carbocycles. The van der Waals surface area contributed by atoms with E-state index in [1.165, 1.54) is 5.80 Å². The lowest BCUT2D eigenvalue weighted by Crippen LogP contribution is -2.01. The zero-order chi connectivity index (χ0) is 7.49. The van der Waals surface area contributed by atoms with E-state index in [1.54, 1.807) is 6.92 Å². The Morgan fingerprint density at radius 1 is 1.56 bits per heavy atom. The van der Waals surface area contributed by atoms with Gasteiger partial charge in [0.2, 0.25) is 0 Å². The molecule has 1 atom stereocenters. The van der Waals surface area contributed by atoms with Gasteiger partial charge in [-0.2, -0.15) is 0 Å². The van der Waals surface area contributed by atoms with Gasteiger partial charge in [0.15, 0.2) is 0 Å². The smallest absolute Gasteiger partial charge is 0.117 e. The molecule has 0 amide bonds. The van der Waals surface area contributed by atoms with Gasteiger partial charge in [-0.05, 0) is 19.1 Å². The summed E-state index contributed by atoms with van der Waals surface area (Å²) >= 11 is 0. The van der Waals surface area contributed by atoms with Gasteiger partial charge in [0.05, 0.1) is 0 Å². The van der Waals surface area contributed by atoms with Gasteiger partial charge in [0, 0.05) is 5.66 Å². The Morgan fingerprint density at radius 3 is 2.11 bits per heavy atom. The lowest BCUT2D eigenvalue weighted by Gasteiger charge is -2.17. The maximum absolute atomic E-state index is 9.20. The maximum Gasteiger partial charge on any atom is 0.117 e. The molecular weight excluding hydrogens is 135 g/mol. The molecule has 0 heterocycles. The van der Waals surface area contributed by atoms with Crippen molar-refractivity contribution >= 4 is 13.1 Å². The summed E-state index contributed by atoms with van der Waals surface area (Å²) < 4.78 is 0. The lowest BCUT2D eigenvalue weighted by atomic mass is 10.4. The fraction of sp³-hybridized carbons (Fsp3) is 0.833. The third-order valence-corrected chi connectivity index (χ3v) is 4.04. The maximum atomic E-state index is 9.20. The Bertz CT molecular complexity index is 125. The summed E-state index contributed by atoms with van der Waals surface area (Å²) in [6.45, 7) is 5.50. The Balaban J connectivity index is 4.16. The first-order valence-electron chi connectivity index (χ1n) is 3.19. The molecule has 2 nitrogen and oxygen atoms in total. The molecule has 0 aliphatic carbocycles. The van der Waals surface area contributed by atoms with E-state index in [0.29, 0.717) is 0 Å². The SMILES string of the molecule is CC=P(O)(O)C(C)CC. The van der Waals surface area contributed by atoms with Crippen LogP contribution in [-0.2, 0) is 0 Å². The fourth-order valence-corrected chi connectivity index (χ4v) is 1.57. The summed E-state index contributed by atoms with van der Waals surface area (Å²) in [6, 6.07) is 0. The summed E-state index contributed by atoms with van der Waals surface area (Å²) in [4.78, 5) is 18.4. The highest BCUT2D eigenvalue weighted by molar-refractivity contribution is 7.64. The van der Waals surface area contributed by atoms with Crippen LogP contribution in [-0.4, -0.2) is 21.2 Å². The third-order valence-electron chi connectivity index (χ3n) is 1.62. The van der Waals surface area contributed by atoms with Crippen molar-refractivity contribution in [3.63, 3.8) is 0 Å². The summed E-state index contributed by atoms with van der Waals surface area (Å²) in [7, 11) is -2.64. The zero-order valence-corrected chi connectivity index (χ0v) is 7.10. The molecule has 0 saturated heterocycles. The molecule has 0 aromatic heterocycles. The Hall–Kier alpha value is 0.220. The molecule has 0 fully saturated rings. The second kappa shape index (κ2) is 3.40. The van der Waals surface area contributed by atoms with E-state index in [2.05, 4.69) is 0 Å². The van der Waals surface area contributed by atoms with Gasteiger partial charge in [0.1, 0.15) is 7.34 Å². The minimum Gasteiger partial charge on any atom is -0.353 e. The average Bonchev–Trinajstić information content (AvgIpc) is 1.86. The third kappa shape index (κ3) is 2.53. The Labute approximate surface area is 56.7 Å². The first kappa shape index (κ1) is 9.22. The van der Waals surface area contributed by atoms with Gasteiger partial charge in [0.25, 0.3) is 0 Å². The first-order valence-corrected chi connectivity index (χ1v) is 5.02. The van der Waals surface area contributed by atoms with Crippen molar-refractivity contribution < 1.29 is 9.79 Å². The van der Waals surface area contributed by atoms with Crippen LogP contribution in [0.4, 0.5) is 0 Å². The molecule has 0 radical (unpaired) electrons. The van der Waals surface area contributed by atoms with E-state index in [4.69, 9.17) is 0 Å². The molecule has 0 rings (SSSR count). The minimum absolute atomic E-state index is 0.0301. The number of rotatable bonds is 2. The summed E-state index contributed by atoms with van der Waals surface area (Å²) in [5, 5.41) is 0. The highest BCUT2D eigenvalue weighted by Crippen LogP contribution is 2.43. The predicted octanol–water partition coefficient (Wildman–Crippen LogP) is 1.44. The molecule has 0 saturated carbocycles. The monoisotopic (exact) mass is 150 g/mol. The van der Waals surface area contributed by atoms with E-state index in [1.807, 2.05) is 13.8 Å². The van der Waals surface area contributed by atoms with E-state index in [9.17, 15) is 9.79 Å². The predicted molar refractivity (Wildman–Crippen MR) is 42.8 cm³/mol. The van der Waals surface area contributed by atoms with Crippen LogP contribution in [0.2, 0.25) is 0 Å². The molecule has 0 aromatic rings. The highest BCUT2D eigenvalue weighted by Gasteiger charge is 2.14. The average molecular weight is 150 g/mol. The van der Waals surface area contributed by atoms with Crippen molar-refractivity contribution in [1.82, 2.24) is 0 Å². The highest BCUT2D eigenvalue weighted by atomic mass is 31.2. The molecule has 56 valence electrons. The van der Waals surface area contributed by atoms with E-state index in [0.717, 1.165) is 6.42 Å². The number of hydrogen-bond donors (Lipinski definition) is 2. The van der Waals surface area contributed by atoms with Gasteiger partial charge in [-0.1, -0.05) is 13.8 Å². The lowest BCUT2D eigenvalue weighted by molar-refractivity contribution is 0.459. The van der Waals surface area contributed by atoms with Crippen LogP contribution in [0.1, 0.15) is 27.2 Å². The molecular formula is C6H15O2P. The number of hydrogen-bond acceptors (Lipinski definition) is 2. The van der Waals surface area contributed by atoms with Gasteiger partial charge in [-0.3, -0.25) is 0 Å². The van der Waals surface area contributed by atoms with Crippen LogP contribution >= 0.6 is 7.34 Å². The van der Waals surface area contributed by atoms with Crippen LogP contribution in [0.5, 0.6) is 0 Å². The van der Waals surface area contributed by atoms with Crippen molar-refractivity contribution in [3.8, 4) is 0 Å². The summed E-state index contributed by atoms with van der Waals surface area (Å²) in [5.74, 6) is 1.52. The molecule has 9 heavy (non-hydrogen) atoms. The van der Waals surface area contributed by atoms with E-state index in [-0.39, 0.29) is 5.66 Å². The van der Waals surface area contributed by atoms with Crippen LogP contribution in [0, 0.1) is 0 Å². The van der Waals surface area contributed by atoms with E-state index >= 15 is 0 Å². The Morgan fingerprint density at radius 2 is 2.00 bits per heavy atom. The standard InChI is InChI=1S/C6H15O2P/c1-4-6(3)9(7,8)5-2/h5-8H,4H2,1-3H3. The topological polar surface area (TPSA) is 40.5 Å². The molecule has 2 N–H and O–H groups in total. The first-order chi connectivity index (χ1) is 4.04. The molecule has 1 unspecified atom stereocenters. The fourth-order valence-electron chi connectivity index (χ4n) is 0.523. The van der Waals surface area contributed by atoms with Gasteiger partial charge in [-0.25, -0.2) is 0 Å². The second-order valence-corrected chi connectivity index (χ2v) is 5.01. The normalized spacial score (nSPS) is 15.2. The molecule has 3 heteroatoms. The van der Waals surface area contributed by atoms with Crippen LogP contribution in [0.15, 0.2) is 0 Å². The van der Waals surface area contributed by atoms with Gasteiger partial charge >= 0.3 is 0 Å². The summed E-state index contributed by atoms with van der Waals surface area (Å²) in [6.07, 6.45) is 0.825. The van der Waals surface area contributed by atoms with Gasteiger partial charge < -0.3 is 9.79 Å². The summed E-state index contributed by atoms with van der Waals surface area (Å²) in [5.41, 5.74) is 0.0301. The van der Waals surface area contributed by atoms with Gasteiger partial charge in [-0.15, -0.1) is 0 Å². The van der Waals surface area contributed by atoms with Crippen molar-refractivity contribution in [3.05, 3.63) is 0 Å². The minimum atomic E-state index is -2.64. The quantitative estimate of drug-likeness (QED) is 0.585. The van der Waals surface area contributed by atoms with Crippen molar-refractivity contribution in [2.45, 2.75) is 32.9 Å². The molecule has 0 aliphatic rings. The zero-order valence-electron chi connectivity index (χ0n) is 6.20. The largest absolute Gasteiger partial charge is 0.353 e. The van der Waals surface area contributed by atoms with Crippen molar-refractivity contribution in [1.29, 1.82) is 0 Å². The van der Waals surface area contributed by atoms with Crippen molar-refractivity contribution in [2.75, 3.05) is 0 Å². The van der Waals surface area contributed by atoms with Crippen molar-refractivity contribution in [2.24, 2.45) is 0 Å². The molecule has 0 aliphatic heterocycles. The molecule has 0 spiro atoms.